The summed E-state index contributed by atoms with van der Waals surface area (Å²) in [7, 11) is 0. The fourth-order valence-electron chi connectivity index (χ4n) is 6.91. The van der Waals surface area contributed by atoms with Crippen molar-refractivity contribution in [3.63, 3.8) is 0 Å². The lowest BCUT2D eigenvalue weighted by atomic mass is 9.97. The molecule has 71 heavy (non-hydrogen) atoms. The Morgan fingerprint density at radius 1 is 0.423 bits per heavy atom. The summed E-state index contributed by atoms with van der Waals surface area (Å²) in [5, 5.41) is 43.8. The second kappa shape index (κ2) is 47.5. The predicted molar refractivity (Wildman–Crippen MR) is 262 cm³/mol. The minimum Gasteiger partial charge on any atom is -0.481 e. The van der Waals surface area contributed by atoms with E-state index in [4.69, 9.17) is 29.2 Å². The Morgan fingerprint density at radius 3 is 1.37 bits per heavy atom. The van der Waals surface area contributed by atoms with Gasteiger partial charge in [0, 0.05) is 64.7 Å². The number of Topliss-reactive ketones (excluding diaryl/α,β-unsaturated/α-hetero) is 3. The molecule has 7 N–H and O–H groups in total. The summed E-state index contributed by atoms with van der Waals surface area (Å²) in [6.45, 7) is 7.32. The molecule has 0 aliphatic carbocycles. The van der Waals surface area contributed by atoms with Gasteiger partial charge in [0.1, 0.15) is 36.9 Å². The zero-order chi connectivity index (χ0) is 53.5. The number of carbonyl (C=O) groups is 10. The number of unbranched alkanes of at least 4 members (excludes halogenated alkanes) is 13. The number of nitrogens with one attached hydrogen (secondary N) is 3. The van der Waals surface area contributed by atoms with Crippen LogP contribution in [-0.4, -0.2) is 151 Å². The molecule has 0 rings (SSSR count). The largest absolute Gasteiger partial charge is 0.481 e. The molecule has 0 heterocycles. The highest BCUT2D eigenvalue weighted by Gasteiger charge is 2.25. The van der Waals surface area contributed by atoms with Crippen LogP contribution in [0.25, 0.3) is 0 Å². The maximum Gasteiger partial charge on any atom is 0.326 e. The van der Waals surface area contributed by atoms with E-state index >= 15 is 0 Å². The van der Waals surface area contributed by atoms with Crippen LogP contribution in [0.3, 0.4) is 0 Å². The van der Waals surface area contributed by atoms with Crippen molar-refractivity contribution in [2.24, 2.45) is 5.92 Å². The number of ether oxygens (including phenoxy) is 4. The molecular weight excluding hydrogens is 931 g/mol. The summed E-state index contributed by atoms with van der Waals surface area (Å²) in [4.78, 5) is 115. The second-order valence-corrected chi connectivity index (χ2v) is 17.4. The highest BCUT2D eigenvalue weighted by Crippen LogP contribution is 2.15. The number of rotatable bonds is 49. The molecule has 0 aliphatic rings. The maximum absolute atomic E-state index is 12.2. The molecule has 3 atom stereocenters. The first-order valence-corrected chi connectivity index (χ1v) is 25.5. The van der Waals surface area contributed by atoms with E-state index in [1.165, 1.54) is 51.9 Å². The van der Waals surface area contributed by atoms with Crippen molar-refractivity contribution in [1.82, 2.24) is 16.0 Å². The summed E-state index contributed by atoms with van der Waals surface area (Å²) >= 11 is 0. The van der Waals surface area contributed by atoms with Gasteiger partial charge in [-0.05, 0) is 59.3 Å². The molecule has 0 bridgehead atoms. The molecule has 0 aliphatic heterocycles. The number of hydrogen-bond acceptors (Lipinski definition) is 14. The van der Waals surface area contributed by atoms with Gasteiger partial charge >= 0.3 is 23.9 Å². The van der Waals surface area contributed by atoms with E-state index < -0.39 is 53.6 Å². The minimum atomic E-state index is -1.27. The second-order valence-electron chi connectivity index (χ2n) is 17.4. The van der Waals surface area contributed by atoms with Crippen LogP contribution in [0.5, 0.6) is 0 Å². The predicted octanol–water partition coefficient (Wildman–Crippen LogP) is 5.60. The molecule has 0 saturated heterocycles. The fourth-order valence-corrected chi connectivity index (χ4v) is 6.91. The maximum atomic E-state index is 12.2. The van der Waals surface area contributed by atoms with Crippen LogP contribution in [0, 0.1) is 5.92 Å². The van der Waals surface area contributed by atoms with Gasteiger partial charge in [0.05, 0.1) is 32.3 Å². The SMILES string of the molecule is CCNC(=O)COCCOCCCC(=O)CC[C@H](NC(=O)CCCCCCCCCCCCCCCCC(=O)O)C(=O)O.CCOCCOCC(=O)C[C@@H](CCC(=O)N[C@@H](CCC(C)=O)C(=O)O)C(=O)O. The molecule has 0 unspecified atom stereocenters. The first kappa shape index (κ1) is 68.2. The van der Waals surface area contributed by atoms with E-state index in [1.54, 1.807) is 0 Å². The minimum absolute atomic E-state index is 0.00674. The number of aliphatic carboxylic acids is 4. The van der Waals surface area contributed by atoms with Gasteiger partial charge in [0.25, 0.3) is 0 Å². The molecule has 0 radical (unpaired) electrons. The number of likely N-dealkylation sites (N-methyl/N-ethyl adjacent to an activating group) is 1. The summed E-state index contributed by atoms with van der Waals surface area (Å²) in [6, 6.07) is -2.29. The van der Waals surface area contributed by atoms with Crippen LogP contribution in [0.4, 0.5) is 0 Å². The van der Waals surface area contributed by atoms with Crippen LogP contribution >= 0.6 is 0 Å². The monoisotopic (exact) mass is 1020 g/mol. The highest BCUT2D eigenvalue weighted by molar-refractivity contribution is 5.87. The van der Waals surface area contributed by atoms with Gasteiger partial charge in [-0.2, -0.15) is 0 Å². The smallest absolute Gasteiger partial charge is 0.326 e. The Morgan fingerprint density at radius 2 is 0.887 bits per heavy atom. The van der Waals surface area contributed by atoms with E-state index in [-0.39, 0.29) is 108 Å². The molecule has 0 aromatic rings. The summed E-state index contributed by atoms with van der Waals surface area (Å²) in [5.41, 5.74) is 0. The molecular formula is C50H87N3O18. The van der Waals surface area contributed by atoms with E-state index in [0.717, 1.165) is 44.9 Å². The Hall–Kier alpha value is -4.86. The number of hydrogen-bond donors (Lipinski definition) is 7. The van der Waals surface area contributed by atoms with Gasteiger partial charge in [-0.25, -0.2) is 9.59 Å². The average Bonchev–Trinajstić information content (AvgIpc) is 3.30. The van der Waals surface area contributed by atoms with Gasteiger partial charge in [-0.3, -0.25) is 33.6 Å². The third kappa shape index (κ3) is 47.2. The molecule has 410 valence electrons. The summed E-state index contributed by atoms with van der Waals surface area (Å²) < 4.78 is 20.7. The van der Waals surface area contributed by atoms with Gasteiger partial charge in [0.2, 0.25) is 17.7 Å². The Kier molecular flexibility index (Phi) is 45.6. The first-order valence-electron chi connectivity index (χ1n) is 25.5. The third-order valence-corrected chi connectivity index (χ3v) is 10.9. The summed E-state index contributed by atoms with van der Waals surface area (Å²) in [6.07, 6.45) is 16.2. The van der Waals surface area contributed by atoms with E-state index in [2.05, 4.69) is 16.0 Å². The van der Waals surface area contributed by atoms with Gasteiger partial charge < -0.3 is 60.1 Å². The van der Waals surface area contributed by atoms with Crippen molar-refractivity contribution in [2.75, 3.05) is 59.4 Å². The molecule has 0 aromatic heterocycles. The molecule has 0 saturated carbocycles. The first-order chi connectivity index (χ1) is 33.9. The van der Waals surface area contributed by atoms with E-state index in [0.29, 0.717) is 45.8 Å². The van der Waals surface area contributed by atoms with Crippen molar-refractivity contribution in [3.8, 4) is 0 Å². The number of carbonyl (C=O) groups excluding carboxylic acids is 6. The molecule has 0 spiro atoms. The quantitative estimate of drug-likeness (QED) is 0.0365. The van der Waals surface area contributed by atoms with Crippen molar-refractivity contribution in [1.29, 1.82) is 0 Å². The lowest BCUT2D eigenvalue weighted by Crippen LogP contribution is -2.41. The van der Waals surface area contributed by atoms with Gasteiger partial charge in [0.15, 0.2) is 5.78 Å². The zero-order valence-corrected chi connectivity index (χ0v) is 42.8. The Bertz CT molecular complexity index is 1530. The lowest BCUT2D eigenvalue weighted by molar-refractivity contribution is -0.145. The Labute approximate surface area is 420 Å². The molecule has 0 fully saturated rings. The van der Waals surface area contributed by atoms with Crippen LogP contribution in [0.1, 0.15) is 181 Å². The lowest BCUT2D eigenvalue weighted by Gasteiger charge is -2.15. The van der Waals surface area contributed by atoms with Crippen molar-refractivity contribution in [3.05, 3.63) is 0 Å². The number of carboxylic acids is 4. The highest BCUT2D eigenvalue weighted by atomic mass is 16.5. The van der Waals surface area contributed by atoms with E-state index in [9.17, 15) is 58.2 Å². The van der Waals surface area contributed by atoms with Crippen LogP contribution in [-0.2, 0) is 66.9 Å². The normalized spacial score (nSPS) is 12.1. The molecule has 21 nitrogen and oxygen atoms in total. The number of carboxylic acid groups (broad SMARTS) is 4. The number of ketones is 3. The number of amides is 3. The molecule has 21 heteroatoms. The Balaban J connectivity index is 0. The summed E-state index contributed by atoms with van der Waals surface area (Å²) in [5.74, 6) is -7.20. The third-order valence-electron chi connectivity index (χ3n) is 10.9. The fraction of sp³-hybridized carbons (Fsp3) is 0.800. The van der Waals surface area contributed by atoms with Crippen LogP contribution < -0.4 is 16.0 Å². The van der Waals surface area contributed by atoms with Crippen LogP contribution in [0.2, 0.25) is 0 Å². The topological polar surface area (TPSA) is 325 Å². The van der Waals surface area contributed by atoms with Gasteiger partial charge in [-0.1, -0.05) is 77.0 Å². The van der Waals surface area contributed by atoms with Crippen LogP contribution in [0.15, 0.2) is 0 Å². The zero-order valence-electron chi connectivity index (χ0n) is 42.8. The molecule has 3 amide bonds. The van der Waals surface area contributed by atoms with Crippen molar-refractivity contribution < 1.29 is 87.3 Å². The van der Waals surface area contributed by atoms with Gasteiger partial charge in [-0.15, -0.1) is 0 Å². The standard InChI is InChI=1S/C32H58N2O9.C18H29NO9/c1-2-33-30(37)26-43-25-24-42-23-17-18-27(35)21-22-28(32(40)41)34-29(36)19-15-13-11-9-7-5-3-4-6-8-10-12-14-16-20-31(38)39;1-3-27-8-9-28-11-14(21)10-13(17(23)24)5-7-16(22)19-15(18(25)26)6-4-12(2)20/h28H,2-26H2,1H3,(H,33,37)(H,34,36)(H,38,39)(H,40,41);13,15H,3-11H2,1-2H3,(H,19,22)(H,23,24)(H,25,26)/t28-;13-,15+/m01/s1. The average molecular weight is 1020 g/mol. The van der Waals surface area contributed by atoms with Crippen molar-refractivity contribution in [2.45, 2.75) is 193 Å². The van der Waals surface area contributed by atoms with E-state index in [1.807, 2.05) is 13.8 Å². The molecule has 0 aromatic carbocycles. The van der Waals surface area contributed by atoms with Crippen molar-refractivity contribution >= 4 is 58.9 Å².